The van der Waals surface area contributed by atoms with Gasteiger partial charge >= 0.3 is 39.0 Å². The fourth-order valence-electron chi connectivity index (χ4n) is 12.1. The molecule has 9 nitrogen and oxygen atoms in total. The molecule has 512 valence electrons. The van der Waals surface area contributed by atoms with Crippen LogP contribution in [0, 0.1) is 0 Å². The zero-order chi connectivity index (χ0) is 62.7. The van der Waals surface area contributed by atoms with Gasteiger partial charge in [-0.3, -0.25) is 0 Å². The minimum absolute atomic E-state index is 0. The van der Waals surface area contributed by atoms with Crippen molar-refractivity contribution in [2.45, 2.75) is 13.8 Å². The van der Waals surface area contributed by atoms with E-state index in [0.717, 1.165) is 81.3 Å². The molecule has 16 rings (SSSR count). The van der Waals surface area contributed by atoms with E-state index in [1.54, 1.807) is 0 Å². The largest absolute Gasteiger partial charge is 2.00 e. The molecule has 0 unspecified atom stereocenters. The maximum atomic E-state index is 6.35. The number of hydrogen-bond acceptors (Lipinski definition) is 9. The summed E-state index contributed by atoms with van der Waals surface area (Å²) in [6.07, 6.45) is 0. The Morgan fingerprint density at radius 2 is 0.390 bits per heavy atom. The van der Waals surface area contributed by atoms with Gasteiger partial charge in [-0.1, -0.05) is 257 Å². The van der Waals surface area contributed by atoms with Crippen molar-refractivity contribution in [3.05, 3.63) is 291 Å². The zero-order valence-electron chi connectivity index (χ0n) is 54.1. The van der Waals surface area contributed by atoms with Gasteiger partial charge in [0.25, 0.3) is 0 Å². The first-order valence-electron chi connectivity index (χ1n) is 31.2. The van der Waals surface area contributed by atoms with E-state index in [4.69, 9.17) is 37.9 Å². The Hall–Kier alpha value is -5.63. The molecule has 0 amide bonds. The Morgan fingerprint density at radius 1 is 0.230 bits per heavy atom. The van der Waals surface area contributed by atoms with Gasteiger partial charge in [0.1, 0.15) is 0 Å². The van der Waals surface area contributed by atoms with E-state index in [0.29, 0.717) is 0 Å². The quantitative estimate of drug-likeness (QED) is 0.0900. The van der Waals surface area contributed by atoms with Gasteiger partial charge in [-0.25, -0.2) is 0 Å². The van der Waals surface area contributed by atoms with E-state index in [-0.39, 0.29) is 151 Å². The van der Waals surface area contributed by atoms with Crippen molar-refractivity contribution in [3.63, 3.8) is 0 Å². The predicted molar refractivity (Wildman–Crippen MR) is 387 cm³/mol. The van der Waals surface area contributed by atoms with Gasteiger partial charge in [-0.15, -0.1) is 0 Å². The summed E-state index contributed by atoms with van der Waals surface area (Å²) in [7, 11) is -3.87. The van der Waals surface area contributed by atoms with E-state index in [1.165, 1.54) is 63.7 Å². The smallest absolute Gasteiger partial charge is 1.00 e. The normalized spacial score (nSPS) is 11.9. The van der Waals surface area contributed by atoms with Gasteiger partial charge in [-0.2, -0.15) is 0 Å². The van der Waals surface area contributed by atoms with Crippen LogP contribution in [0.2, 0.25) is 0 Å². The number of ether oxygens (including phenoxy) is 8. The molecule has 4 heterocycles. The molecule has 12 aromatic rings. The van der Waals surface area contributed by atoms with Gasteiger partial charge in [0.15, 0.2) is 46.0 Å². The van der Waals surface area contributed by atoms with Crippen molar-refractivity contribution < 1.29 is 162 Å². The number of halogens is 5. The Kier molecular flexibility index (Phi) is 32.6. The molecule has 0 bridgehead atoms. The molecular formula is C80H67Br5NO8P4Ru2-. The maximum Gasteiger partial charge on any atom is 2.00 e. The molecule has 0 saturated carbocycles. The zero-order valence-corrected chi connectivity index (χ0v) is 69.1. The van der Waals surface area contributed by atoms with E-state index in [9.17, 15) is 0 Å². The summed E-state index contributed by atoms with van der Waals surface area (Å²) in [4.78, 5) is 0. The molecule has 0 fully saturated rings. The molecule has 0 atom stereocenters. The van der Waals surface area contributed by atoms with E-state index >= 15 is 0 Å². The van der Waals surface area contributed by atoms with Crippen LogP contribution in [0.5, 0.6) is 46.0 Å². The molecule has 0 aromatic heterocycles. The first-order chi connectivity index (χ1) is 46.1. The molecule has 20 heteroatoms. The van der Waals surface area contributed by atoms with Crippen LogP contribution in [-0.4, -0.2) is 40.3 Å². The second-order valence-electron chi connectivity index (χ2n) is 21.8. The van der Waals surface area contributed by atoms with Crippen LogP contribution in [0.25, 0.3) is 22.3 Å². The molecule has 1 N–H and O–H groups in total. The fraction of sp³-hybridized carbons (Fsp3) is 0.100. The van der Waals surface area contributed by atoms with Gasteiger partial charge < -0.3 is 128 Å². The SMILES string of the molecule is CCNCC.[Br-].[Br-].[Br-].[Br-].[Br-].[Ru+2].[Ru+2].c1ccc(P(c2ccccc2)c2ccc3c(c2-c2c(P(c4ccccc4)c4ccccc4)ccc4c2OCO4)OCO3)cc1.c1ccc(P(c2ccccc2)c2ccc3c(c2-c2c(P(c4ccccc4)c4ccccc4)ccc4c2OCO4)OCO3)cc1. The Labute approximate surface area is 669 Å². The maximum absolute atomic E-state index is 6.35. The summed E-state index contributed by atoms with van der Waals surface area (Å²) in [6.45, 7) is 7.09. The predicted octanol–water partition coefficient (Wildman–Crippen LogP) is -1.71. The Balaban J connectivity index is 0.000000247. The van der Waals surface area contributed by atoms with Crippen molar-refractivity contribution in [2.75, 3.05) is 40.3 Å². The van der Waals surface area contributed by atoms with Crippen molar-refractivity contribution >= 4 is 95.3 Å². The standard InChI is InChI=1S/2C38H28O4P2.C4H11N.5BrH.2Ru/c2*1-5-13-27(14-6-1)43(28-15-7-2-8-16-28)33-23-21-31-37(41-25-39-31)35(33)36-34(24-22-32-38(36)42-26-40-32)44(29-17-9-3-10-18-29)30-19-11-4-12-20-30;1-3-5-4-2;;;;;;;/h2*1-24H,25-26H2;5H,3-4H2,1-2H3;5*1H;;/q;;;;;;;;2*+2/p-5. The number of nitrogens with one attached hydrogen (secondary N) is 1. The van der Waals surface area contributed by atoms with Crippen LogP contribution < -0.4 is 192 Å². The van der Waals surface area contributed by atoms with E-state index < -0.39 is 31.7 Å². The molecule has 4 aliphatic heterocycles. The van der Waals surface area contributed by atoms with Crippen LogP contribution in [0.4, 0.5) is 0 Å². The average Bonchev–Trinajstić information content (AvgIpc) is 1.51. The fourth-order valence-corrected chi connectivity index (χ4v) is 22.0. The summed E-state index contributed by atoms with van der Waals surface area (Å²) < 4.78 is 49.5. The molecule has 0 spiro atoms. The van der Waals surface area contributed by atoms with Gasteiger partial charge in [0.2, 0.25) is 27.2 Å². The van der Waals surface area contributed by atoms with Crippen molar-refractivity contribution in [1.29, 1.82) is 0 Å². The summed E-state index contributed by atoms with van der Waals surface area (Å²) in [5, 5.41) is 17.9. The summed E-state index contributed by atoms with van der Waals surface area (Å²) in [6, 6.07) is 103. The first-order valence-corrected chi connectivity index (χ1v) is 36.5. The molecule has 0 aliphatic carbocycles. The minimum atomic E-state index is -0.968. The summed E-state index contributed by atoms with van der Waals surface area (Å²) in [5.74, 6) is 5.98. The van der Waals surface area contributed by atoms with Crippen LogP contribution >= 0.6 is 31.7 Å². The topological polar surface area (TPSA) is 85.9 Å². The number of fused-ring (bicyclic) bond motifs is 4. The van der Waals surface area contributed by atoms with Crippen molar-refractivity contribution in [2.24, 2.45) is 0 Å². The summed E-state index contributed by atoms with van der Waals surface area (Å²) in [5.41, 5.74) is 4.04. The molecular weight excluding hydrogens is 1830 g/mol. The Morgan fingerprint density at radius 3 is 0.530 bits per heavy atom. The average molecular weight is 1900 g/mol. The third-order valence-corrected chi connectivity index (χ3v) is 26.1. The number of hydrogen-bond donors (Lipinski definition) is 1. The monoisotopic (exact) mass is 1890 g/mol. The van der Waals surface area contributed by atoms with Crippen molar-refractivity contribution in [3.8, 4) is 68.2 Å². The van der Waals surface area contributed by atoms with Crippen LogP contribution in [0.3, 0.4) is 0 Å². The van der Waals surface area contributed by atoms with Gasteiger partial charge in [0.05, 0.1) is 0 Å². The summed E-state index contributed by atoms with van der Waals surface area (Å²) >= 11 is 0. The van der Waals surface area contributed by atoms with Crippen molar-refractivity contribution in [1.82, 2.24) is 5.32 Å². The van der Waals surface area contributed by atoms with E-state index in [2.05, 4.69) is 310 Å². The molecule has 4 aliphatic rings. The van der Waals surface area contributed by atoms with Crippen LogP contribution in [0.1, 0.15) is 13.8 Å². The first kappa shape index (κ1) is 81.7. The third-order valence-electron chi connectivity index (χ3n) is 16.1. The molecule has 12 aromatic carbocycles. The number of benzene rings is 12. The second-order valence-corrected chi connectivity index (χ2v) is 30.5. The third kappa shape index (κ3) is 17.8. The minimum Gasteiger partial charge on any atom is -1.00 e. The number of rotatable bonds is 16. The molecule has 100 heavy (non-hydrogen) atoms. The van der Waals surface area contributed by atoms with Gasteiger partial charge in [0, 0.05) is 22.3 Å². The molecule has 0 radical (unpaired) electrons. The van der Waals surface area contributed by atoms with Crippen LogP contribution in [-0.2, 0) is 39.0 Å². The second kappa shape index (κ2) is 39.9. The van der Waals surface area contributed by atoms with E-state index in [1.807, 2.05) is 0 Å². The Bertz CT molecular complexity index is 3780. The molecule has 0 saturated heterocycles. The van der Waals surface area contributed by atoms with Crippen LogP contribution in [0.15, 0.2) is 291 Å². The van der Waals surface area contributed by atoms with Gasteiger partial charge in [-0.05, 0) is 157 Å².